The quantitative estimate of drug-likeness (QED) is 0.744. The molecule has 6 heteroatoms. The van der Waals surface area contributed by atoms with E-state index in [0.29, 0.717) is 23.3 Å². The minimum Gasteiger partial charge on any atom is -0.494 e. The lowest BCUT2D eigenvalue weighted by Crippen LogP contribution is -2.21. The fraction of sp³-hybridized carbons (Fsp3) is 0.111. The molecule has 0 saturated carbocycles. The molecule has 0 aliphatic carbocycles. The van der Waals surface area contributed by atoms with Gasteiger partial charge in [0.15, 0.2) is 0 Å². The molecule has 0 aliphatic rings. The number of nitrogens with one attached hydrogen (secondary N) is 1. The van der Waals surface area contributed by atoms with Crippen LogP contribution in [0.15, 0.2) is 57.7 Å². The lowest BCUT2D eigenvalue weighted by Gasteiger charge is -2.07. The summed E-state index contributed by atoms with van der Waals surface area (Å²) < 4.78 is 24.2. The number of carbonyl (C=O) groups is 1. The lowest BCUT2D eigenvalue weighted by molar-refractivity contribution is 0.102. The maximum absolute atomic E-state index is 13.6. The van der Waals surface area contributed by atoms with Crippen LogP contribution in [0.2, 0.25) is 0 Å². The van der Waals surface area contributed by atoms with Crippen molar-refractivity contribution in [2.75, 3.05) is 11.9 Å². The topological polar surface area (TPSA) is 68.5 Å². The molecule has 0 saturated heterocycles. The maximum Gasteiger partial charge on any atom is 0.349 e. The summed E-state index contributed by atoms with van der Waals surface area (Å²) in [5.41, 5.74) is -0.671. The number of hydrogen-bond acceptors (Lipinski definition) is 4. The smallest absolute Gasteiger partial charge is 0.349 e. The largest absolute Gasteiger partial charge is 0.494 e. The van der Waals surface area contributed by atoms with Gasteiger partial charge >= 0.3 is 5.63 Å². The second-order valence-corrected chi connectivity index (χ2v) is 5.01. The molecule has 24 heavy (non-hydrogen) atoms. The van der Waals surface area contributed by atoms with Crippen molar-refractivity contribution < 1.29 is 18.3 Å². The van der Waals surface area contributed by atoms with Gasteiger partial charge in [0.1, 0.15) is 22.7 Å². The zero-order valence-corrected chi connectivity index (χ0v) is 12.8. The molecule has 1 amide bonds. The van der Waals surface area contributed by atoms with Gasteiger partial charge in [0.2, 0.25) is 0 Å². The van der Waals surface area contributed by atoms with Crippen LogP contribution in [0.3, 0.4) is 0 Å². The maximum atomic E-state index is 13.6. The van der Waals surface area contributed by atoms with Crippen LogP contribution in [-0.4, -0.2) is 12.5 Å². The molecule has 0 bridgehead atoms. The second-order valence-electron chi connectivity index (χ2n) is 5.01. The Labute approximate surface area is 136 Å². The highest BCUT2D eigenvalue weighted by Gasteiger charge is 2.15. The molecule has 3 aromatic rings. The highest BCUT2D eigenvalue weighted by Crippen LogP contribution is 2.21. The Balaban J connectivity index is 1.98. The second kappa shape index (κ2) is 6.54. The van der Waals surface area contributed by atoms with Crippen LogP contribution >= 0.6 is 0 Å². The van der Waals surface area contributed by atoms with Crippen molar-refractivity contribution >= 4 is 22.6 Å². The summed E-state index contributed by atoms with van der Waals surface area (Å²) in [6.45, 7) is 2.34. The Morgan fingerprint density at radius 2 is 2.00 bits per heavy atom. The zero-order valence-electron chi connectivity index (χ0n) is 12.8. The Bertz CT molecular complexity index is 965. The molecule has 0 atom stereocenters. The van der Waals surface area contributed by atoms with Crippen LogP contribution < -0.4 is 15.7 Å². The standard InChI is InChI=1S/C18H14FNO4/c1-2-23-12-7-8-16-11(9-12)10-13(18(22)24-16)17(21)20-15-6-4-3-5-14(15)19/h3-10H,2H2,1H3,(H,20,21). The first-order valence-electron chi connectivity index (χ1n) is 7.35. The van der Waals surface area contributed by atoms with E-state index in [-0.39, 0.29) is 11.3 Å². The predicted octanol–water partition coefficient (Wildman–Crippen LogP) is 3.58. The average molecular weight is 327 g/mol. The third-order valence-corrected chi connectivity index (χ3v) is 3.38. The third kappa shape index (κ3) is 3.12. The first kappa shape index (κ1) is 15.7. The lowest BCUT2D eigenvalue weighted by atomic mass is 10.1. The van der Waals surface area contributed by atoms with Gasteiger partial charge in [-0.15, -0.1) is 0 Å². The summed E-state index contributed by atoms with van der Waals surface area (Å²) in [4.78, 5) is 24.3. The van der Waals surface area contributed by atoms with E-state index in [1.54, 1.807) is 24.3 Å². The van der Waals surface area contributed by atoms with Gasteiger partial charge in [-0.2, -0.15) is 0 Å². The van der Waals surface area contributed by atoms with Gasteiger partial charge < -0.3 is 14.5 Å². The first-order chi connectivity index (χ1) is 11.6. The highest BCUT2D eigenvalue weighted by molar-refractivity contribution is 6.05. The summed E-state index contributed by atoms with van der Waals surface area (Å²) >= 11 is 0. The fourth-order valence-corrected chi connectivity index (χ4v) is 2.27. The molecule has 1 heterocycles. The molecule has 0 aliphatic heterocycles. The number of anilines is 1. The average Bonchev–Trinajstić information content (AvgIpc) is 2.57. The van der Waals surface area contributed by atoms with E-state index in [9.17, 15) is 14.0 Å². The van der Waals surface area contributed by atoms with Gasteiger partial charge in [-0.05, 0) is 43.3 Å². The number of ether oxygens (including phenoxy) is 1. The van der Waals surface area contributed by atoms with E-state index in [1.165, 1.54) is 24.3 Å². The molecule has 1 N–H and O–H groups in total. The number of hydrogen-bond donors (Lipinski definition) is 1. The predicted molar refractivity (Wildman–Crippen MR) is 88.0 cm³/mol. The van der Waals surface area contributed by atoms with Gasteiger partial charge in [0.25, 0.3) is 5.91 Å². The van der Waals surface area contributed by atoms with Gasteiger partial charge in [-0.1, -0.05) is 12.1 Å². The van der Waals surface area contributed by atoms with Crippen molar-refractivity contribution in [3.05, 3.63) is 70.3 Å². The van der Waals surface area contributed by atoms with E-state index < -0.39 is 17.3 Å². The highest BCUT2D eigenvalue weighted by atomic mass is 19.1. The molecule has 0 spiro atoms. The van der Waals surface area contributed by atoms with Crippen LogP contribution in [0.25, 0.3) is 11.0 Å². The normalized spacial score (nSPS) is 10.6. The number of rotatable bonds is 4. The summed E-state index contributed by atoms with van der Waals surface area (Å²) in [6, 6.07) is 12.0. The molecule has 0 unspecified atom stereocenters. The van der Waals surface area contributed by atoms with Crippen molar-refractivity contribution in [2.24, 2.45) is 0 Å². The number of para-hydroxylation sites is 1. The summed E-state index contributed by atoms with van der Waals surface area (Å²) in [5, 5.41) is 2.91. The van der Waals surface area contributed by atoms with Gasteiger partial charge in [-0.3, -0.25) is 4.79 Å². The molecule has 1 aromatic heterocycles. The molecular weight excluding hydrogens is 313 g/mol. The van der Waals surface area contributed by atoms with E-state index in [1.807, 2.05) is 6.92 Å². The third-order valence-electron chi connectivity index (χ3n) is 3.38. The Morgan fingerprint density at radius 1 is 1.21 bits per heavy atom. The Hall–Kier alpha value is -3.15. The van der Waals surface area contributed by atoms with E-state index in [0.717, 1.165) is 0 Å². The SMILES string of the molecule is CCOc1ccc2oc(=O)c(C(=O)Nc3ccccc3F)cc2c1. The van der Waals surface area contributed by atoms with E-state index in [2.05, 4.69) is 5.32 Å². The zero-order chi connectivity index (χ0) is 17.1. The number of benzene rings is 2. The Morgan fingerprint density at radius 3 is 2.75 bits per heavy atom. The fourth-order valence-electron chi connectivity index (χ4n) is 2.27. The van der Waals surface area contributed by atoms with Crippen molar-refractivity contribution in [3.8, 4) is 5.75 Å². The van der Waals surface area contributed by atoms with Crippen LogP contribution in [0.4, 0.5) is 10.1 Å². The van der Waals surface area contributed by atoms with Gasteiger partial charge in [0, 0.05) is 5.39 Å². The monoisotopic (exact) mass is 327 g/mol. The molecule has 5 nitrogen and oxygen atoms in total. The van der Waals surface area contributed by atoms with Gasteiger partial charge in [-0.25, -0.2) is 9.18 Å². The number of amides is 1. The van der Waals surface area contributed by atoms with Crippen LogP contribution in [-0.2, 0) is 0 Å². The minimum atomic E-state index is -0.791. The number of halogens is 1. The van der Waals surface area contributed by atoms with Crippen molar-refractivity contribution in [2.45, 2.75) is 6.92 Å². The van der Waals surface area contributed by atoms with Crippen molar-refractivity contribution in [1.82, 2.24) is 0 Å². The molecule has 122 valence electrons. The van der Waals surface area contributed by atoms with E-state index in [4.69, 9.17) is 9.15 Å². The first-order valence-corrected chi connectivity index (χ1v) is 7.35. The summed E-state index contributed by atoms with van der Waals surface area (Å²) in [5.74, 6) is -0.730. The van der Waals surface area contributed by atoms with Gasteiger partial charge in [0.05, 0.1) is 12.3 Å². The van der Waals surface area contributed by atoms with Crippen LogP contribution in [0.5, 0.6) is 5.75 Å². The summed E-state index contributed by atoms with van der Waals surface area (Å²) in [6.07, 6.45) is 0. The van der Waals surface area contributed by atoms with Crippen LogP contribution in [0.1, 0.15) is 17.3 Å². The summed E-state index contributed by atoms with van der Waals surface area (Å²) in [7, 11) is 0. The molecule has 0 radical (unpaired) electrons. The molecule has 2 aromatic carbocycles. The van der Waals surface area contributed by atoms with Crippen molar-refractivity contribution in [1.29, 1.82) is 0 Å². The minimum absolute atomic E-state index is 0.00920. The Kier molecular flexibility index (Phi) is 4.29. The van der Waals surface area contributed by atoms with E-state index >= 15 is 0 Å². The van der Waals surface area contributed by atoms with Crippen molar-refractivity contribution in [3.63, 3.8) is 0 Å². The molecule has 0 fully saturated rings. The number of carbonyl (C=O) groups excluding carboxylic acids is 1. The number of fused-ring (bicyclic) bond motifs is 1. The van der Waals surface area contributed by atoms with Crippen LogP contribution in [0, 0.1) is 5.82 Å². The molecular formula is C18H14FNO4. The molecule has 3 rings (SSSR count).